The number of nitrogens with one attached hydrogen (secondary N) is 1. The number of likely N-dealkylation sites (tertiary alicyclic amines) is 1. The lowest BCUT2D eigenvalue weighted by molar-refractivity contribution is -0.133. The van der Waals surface area contributed by atoms with Crippen molar-refractivity contribution in [2.75, 3.05) is 39.3 Å². The van der Waals surface area contributed by atoms with Gasteiger partial charge in [0.1, 0.15) is 0 Å². The second kappa shape index (κ2) is 9.73. The minimum absolute atomic E-state index is 0.00177. The van der Waals surface area contributed by atoms with Crippen molar-refractivity contribution in [3.05, 3.63) is 0 Å². The van der Waals surface area contributed by atoms with Crippen LogP contribution in [0.15, 0.2) is 0 Å². The summed E-state index contributed by atoms with van der Waals surface area (Å²) in [4.78, 5) is 27.8. The van der Waals surface area contributed by atoms with E-state index < -0.39 is 0 Å². The lowest BCUT2D eigenvalue weighted by atomic mass is 10.0. The van der Waals surface area contributed by atoms with Crippen molar-refractivity contribution in [1.82, 2.24) is 15.1 Å². The van der Waals surface area contributed by atoms with E-state index in [1.807, 2.05) is 18.7 Å². The molecule has 21 heavy (non-hydrogen) atoms. The quantitative estimate of drug-likeness (QED) is 0.670. The van der Waals surface area contributed by atoms with Gasteiger partial charge in [0.2, 0.25) is 11.8 Å². The minimum atomic E-state index is -0.00177. The van der Waals surface area contributed by atoms with Gasteiger partial charge in [0, 0.05) is 38.6 Å². The Bertz CT molecular complexity index is 332. The number of rotatable bonds is 8. The molecule has 2 amide bonds. The summed E-state index contributed by atoms with van der Waals surface area (Å²) in [5.74, 6) is 0.179. The molecule has 0 aromatic rings. The fourth-order valence-corrected chi connectivity index (χ4v) is 2.80. The highest BCUT2D eigenvalue weighted by molar-refractivity contribution is 5.78. The lowest BCUT2D eigenvalue weighted by Crippen LogP contribution is -2.50. The molecule has 0 radical (unpaired) electrons. The van der Waals surface area contributed by atoms with Crippen molar-refractivity contribution in [2.45, 2.75) is 45.6 Å². The number of nitrogens with zero attached hydrogens (tertiary/aromatic N) is 2. The van der Waals surface area contributed by atoms with Crippen LogP contribution in [0.3, 0.4) is 0 Å². The first-order valence-corrected chi connectivity index (χ1v) is 8.10. The van der Waals surface area contributed by atoms with Gasteiger partial charge in [-0.1, -0.05) is 6.42 Å². The van der Waals surface area contributed by atoms with Crippen LogP contribution in [-0.4, -0.2) is 66.9 Å². The molecule has 1 aliphatic rings. The van der Waals surface area contributed by atoms with Crippen molar-refractivity contribution < 1.29 is 9.59 Å². The van der Waals surface area contributed by atoms with Crippen LogP contribution in [0.4, 0.5) is 0 Å². The largest absolute Gasteiger partial charge is 0.354 e. The van der Waals surface area contributed by atoms with Gasteiger partial charge in [0.25, 0.3) is 0 Å². The van der Waals surface area contributed by atoms with Crippen LogP contribution in [-0.2, 0) is 9.59 Å². The van der Waals surface area contributed by atoms with Crippen LogP contribution in [0.1, 0.15) is 39.5 Å². The Morgan fingerprint density at radius 2 is 2.00 bits per heavy atom. The third-order valence-electron chi connectivity index (χ3n) is 4.11. The first-order chi connectivity index (χ1) is 10.1. The molecule has 1 aliphatic heterocycles. The Balaban J connectivity index is 2.49. The maximum Gasteiger partial charge on any atom is 0.236 e. The van der Waals surface area contributed by atoms with Gasteiger partial charge >= 0.3 is 0 Å². The Hall–Kier alpha value is -1.14. The Kier molecular flexibility index (Phi) is 8.30. The zero-order valence-electron chi connectivity index (χ0n) is 13.4. The molecule has 6 nitrogen and oxygen atoms in total. The predicted octanol–water partition coefficient (Wildman–Crippen LogP) is 0.174. The van der Waals surface area contributed by atoms with Gasteiger partial charge in [-0.3, -0.25) is 14.5 Å². The van der Waals surface area contributed by atoms with E-state index in [9.17, 15) is 9.59 Å². The van der Waals surface area contributed by atoms with E-state index in [1.54, 1.807) is 0 Å². The van der Waals surface area contributed by atoms with Crippen LogP contribution >= 0.6 is 0 Å². The SMILES string of the molecule is CCN(CC)C(=O)CN1CCCCC1CNC(=O)CCN. The molecule has 1 saturated heterocycles. The van der Waals surface area contributed by atoms with Crippen LogP contribution in [0.2, 0.25) is 0 Å². The zero-order valence-corrected chi connectivity index (χ0v) is 13.4. The van der Waals surface area contributed by atoms with Crippen molar-refractivity contribution in [3.63, 3.8) is 0 Å². The molecule has 0 aliphatic carbocycles. The van der Waals surface area contributed by atoms with E-state index >= 15 is 0 Å². The molecule has 0 spiro atoms. The number of carbonyl (C=O) groups excluding carboxylic acids is 2. The second-order valence-electron chi connectivity index (χ2n) is 5.53. The van der Waals surface area contributed by atoms with Gasteiger partial charge in [-0.05, 0) is 33.2 Å². The molecule has 6 heteroatoms. The van der Waals surface area contributed by atoms with Gasteiger partial charge in [-0.2, -0.15) is 0 Å². The Morgan fingerprint density at radius 3 is 2.62 bits per heavy atom. The molecule has 1 heterocycles. The highest BCUT2D eigenvalue weighted by atomic mass is 16.2. The topological polar surface area (TPSA) is 78.7 Å². The van der Waals surface area contributed by atoms with Crippen molar-refractivity contribution in [3.8, 4) is 0 Å². The van der Waals surface area contributed by atoms with Crippen molar-refractivity contribution in [2.24, 2.45) is 5.73 Å². The number of piperidine rings is 1. The summed E-state index contributed by atoms with van der Waals surface area (Å²) in [6.07, 6.45) is 3.69. The third-order valence-corrected chi connectivity index (χ3v) is 4.11. The summed E-state index contributed by atoms with van der Waals surface area (Å²) in [6, 6.07) is 0.264. The number of carbonyl (C=O) groups is 2. The summed E-state index contributed by atoms with van der Waals surface area (Å²) in [5, 5.41) is 2.93. The van der Waals surface area contributed by atoms with Crippen LogP contribution < -0.4 is 11.1 Å². The standard InChI is InChI=1S/C15H30N4O2/c1-3-18(4-2)15(21)12-19-10-6-5-7-13(19)11-17-14(20)8-9-16/h13H,3-12,16H2,1-2H3,(H,17,20). The summed E-state index contributed by atoms with van der Waals surface area (Å²) >= 11 is 0. The van der Waals surface area contributed by atoms with E-state index in [0.717, 1.165) is 38.9 Å². The van der Waals surface area contributed by atoms with E-state index in [0.29, 0.717) is 26.1 Å². The number of nitrogens with two attached hydrogens (primary N) is 1. The normalized spacial score (nSPS) is 19.3. The Morgan fingerprint density at radius 1 is 1.29 bits per heavy atom. The molecule has 1 rings (SSSR count). The van der Waals surface area contributed by atoms with Crippen molar-refractivity contribution >= 4 is 11.8 Å². The molecular formula is C15H30N4O2. The van der Waals surface area contributed by atoms with Crippen molar-refractivity contribution in [1.29, 1.82) is 0 Å². The average Bonchev–Trinajstić information content (AvgIpc) is 2.48. The maximum absolute atomic E-state index is 12.2. The summed E-state index contributed by atoms with van der Waals surface area (Å²) in [7, 11) is 0. The second-order valence-corrected chi connectivity index (χ2v) is 5.53. The van der Waals surface area contributed by atoms with E-state index in [2.05, 4.69) is 10.2 Å². The average molecular weight is 298 g/mol. The third kappa shape index (κ3) is 6.01. The molecule has 0 bridgehead atoms. The lowest BCUT2D eigenvalue weighted by Gasteiger charge is -2.36. The fourth-order valence-electron chi connectivity index (χ4n) is 2.80. The molecule has 1 atom stereocenters. The van der Waals surface area contributed by atoms with Gasteiger partial charge in [0.05, 0.1) is 6.54 Å². The molecule has 0 aromatic heterocycles. The molecule has 122 valence electrons. The minimum Gasteiger partial charge on any atom is -0.354 e. The molecule has 1 unspecified atom stereocenters. The summed E-state index contributed by atoms with van der Waals surface area (Å²) in [5.41, 5.74) is 5.37. The van der Waals surface area contributed by atoms with E-state index in [1.165, 1.54) is 0 Å². The molecule has 0 saturated carbocycles. The predicted molar refractivity (Wildman–Crippen MR) is 83.8 cm³/mol. The van der Waals surface area contributed by atoms with Crippen LogP contribution in [0, 0.1) is 0 Å². The molecule has 1 fully saturated rings. The van der Waals surface area contributed by atoms with Crippen LogP contribution in [0.5, 0.6) is 0 Å². The zero-order chi connectivity index (χ0) is 15.7. The highest BCUT2D eigenvalue weighted by Gasteiger charge is 2.25. The van der Waals surface area contributed by atoms with Gasteiger partial charge in [-0.15, -0.1) is 0 Å². The monoisotopic (exact) mass is 298 g/mol. The maximum atomic E-state index is 12.2. The number of amides is 2. The number of likely N-dealkylation sites (N-methyl/N-ethyl adjacent to an activating group) is 1. The first kappa shape index (κ1) is 17.9. The Labute approximate surface area is 128 Å². The van der Waals surface area contributed by atoms with E-state index in [4.69, 9.17) is 5.73 Å². The molecule has 3 N–H and O–H groups in total. The van der Waals surface area contributed by atoms with Gasteiger partial charge in [-0.25, -0.2) is 0 Å². The first-order valence-electron chi connectivity index (χ1n) is 8.10. The molecular weight excluding hydrogens is 268 g/mol. The molecule has 0 aromatic carbocycles. The van der Waals surface area contributed by atoms with Gasteiger partial charge in [0.15, 0.2) is 0 Å². The summed E-state index contributed by atoms with van der Waals surface area (Å²) < 4.78 is 0. The smallest absolute Gasteiger partial charge is 0.236 e. The highest BCUT2D eigenvalue weighted by Crippen LogP contribution is 2.16. The van der Waals surface area contributed by atoms with E-state index in [-0.39, 0.29) is 17.9 Å². The summed E-state index contributed by atoms with van der Waals surface area (Å²) in [6.45, 7) is 7.89. The number of hydrogen-bond acceptors (Lipinski definition) is 4. The fraction of sp³-hybridized carbons (Fsp3) is 0.867. The van der Waals surface area contributed by atoms with Crippen LogP contribution in [0.25, 0.3) is 0 Å². The number of hydrogen-bond donors (Lipinski definition) is 2. The van der Waals surface area contributed by atoms with Gasteiger partial charge < -0.3 is 16.0 Å².